The van der Waals surface area contributed by atoms with Crippen LogP contribution >= 0.6 is 0 Å². The first kappa shape index (κ1) is 24.3. The highest BCUT2D eigenvalue weighted by Crippen LogP contribution is 2.31. The Morgan fingerprint density at radius 1 is 1.17 bits per heavy atom. The van der Waals surface area contributed by atoms with Gasteiger partial charge in [-0.15, -0.1) is 0 Å². The summed E-state index contributed by atoms with van der Waals surface area (Å²) in [7, 11) is 2.38. The van der Waals surface area contributed by atoms with E-state index >= 15 is 0 Å². The summed E-state index contributed by atoms with van der Waals surface area (Å²) in [5.41, 5.74) is 11.3. The van der Waals surface area contributed by atoms with Gasteiger partial charge in [-0.1, -0.05) is 37.6 Å². The second kappa shape index (κ2) is 9.54. The molecule has 5 rings (SSSR count). The van der Waals surface area contributed by atoms with Gasteiger partial charge >= 0.3 is 5.97 Å². The second-order valence-corrected chi connectivity index (χ2v) is 10.6. The summed E-state index contributed by atoms with van der Waals surface area (Å²) in [6.07, 6.45) is 5.58. The van der Waals surface area contributed by atoms with Gasteiger partial charge in [-0.2, -0.15) is 0 Å². The fourth-order valence-electron chi connectivity index (χ4n) is 5.65. The van der Waals surface area contributed by atoms with Crippen LogP contribution in [-0.4, -0.2) is 49.7 Å². The molecular formula is C29H36N5O2+. The molecule has 4 aromatic rings. The molecule has 7 nitrogen and oxygen atoms in total. The number of nitrogens with zero attached hydrogens (tertiary/aromatic N) is 4. The van der Waals surface area contributed by atoms with Gasteiger partial charge in [0.25, 0.3) is 0 Å². The number of quaternary nitrogens is 1. The number of anilines is 1. The molecule has 0 saturated carbocycles. The number of carboxylic acid groups (broad SMARTS) is 1. The fraction of sp³-hybridized carbons (Fsp3) is 0.414. The van der Waals surface area contributed by atoms with Crippen molar-refractivity contribution in [2.75, 3.05) is 19.3 Å². The van der Waals surface area contributed by atoms with Crippen molar-refractivity contribution in [3.05, 3.63) is 65.0 Å². The van der Waals surface area contributed by atoms with Gasteiger partial charge in [0.1, 0.15) is 17.9 Å². The Hall–Kier alpha value is -3.45. The number of hydrogen-bond acceptors (Lipinski definition) is 4. The van der Waals surface area contributed by atoms with Crippen molar-refractivity contribution in [2.45, 2.75) is 65.1 Å². The maximum absolute atomic E-state index is 11.5. The molecule has 188 valence electrons. The minimum atomic E-state index is -0.978. The van der Waals surface area contributed by atoms with E-state index in [1.165, 1.54) is 30.5 Å². The van der Waals surface area contributed by atoms with Gasteiger partial charge in [0.15, 0.2) is 5.82 Å². The number of nitrogens with two attached hydrogens (primary N) is 1. The van der Waals surface area contributed by atoms with Crippen LogP contribution in [-0.2, 0) is 19.5 Å². The van der Waals surface area contributed by atoms with Crippen molar-refractivity contribution in [2.24, 2.45) is 0 Å². The van der Waals surface area contributed by atoms with Crippen LogP contribution in [0.1, 0.15) is 66.8 Å². The predicted molar refractivity (Wildman–Crippen MR) is 144 cm³/mol. The molecule has 2 aromatic carbocycles. The Morgan fingerprint density at radius 3 is 2.58 bits per heavy atom. The lowest BCUT2D eigenvalue weighted by Gasteiger charge is -2.34. The molecule has 1 aliphatic heterocycles. The molecular weight excluding hydrogens is 450 g/mol. The van der Waals surface area contributed by atoms with Crippen LogP contribution in [0.4, 0.5) is 5.82 Å². The van der Waals surface area contributed by atoms with Crippen LogP contribution in [0.25, 0.3) is 21.9 Å². The monoisotopic (exact) mass is 486 g/mol. The molecule has 36 heavy (non-hydrogen) atoms. The molecule has 3 heterocycles. The van der Waals surface area contributed by atoms with Gasteiger partial charge < -0.3 is 19.9 Å². The molecule has 1 aliphatic rings. The Bertz CT molecular complexity index is 1430. The highest BCUT2D eigenvalue weighted by molar-refractivity contribution is 6.08. The summed E-state index contributed by atoms with van der Waals surface area (Å²) in [6, 6.07) is 14.7. The summed E-state index contributed by atoms with van der Waals surface area (Å²) in [5, 5.41) is 10.3. The van der Waals surface area contributed by atoms with Gasteiger partial charge in [-0.25, -0.2) is 14.8 Å². The minimum absolute atomic E-state index is 0.199. The summed E-state index contributed by atoms with van der Waals surface area (Å²) in [6.45, 7) is 7.53. The fourth-order valence-corrected chi connectivity index (χ4v) is 5.65. The number of unbranched alkanes of at least 4 members (excludes halogenated alkanes) is 1. The molecule has 0 spiro atoms. The summed E-state index contributed by atoms with van der Waals surface area (Å²) in [5.74, 6) is 0.348. The zero-order valence-electron chi connectivity index (χ0n) is 21.5. The number of aromatic nitrogens is 3. The molecule has 0 aliphatic carbocycles. The molecule has 7 heteroatoms. The van der Waals surface area contributed by atoms with E-state index < -0.39 is 5.97 Å². The molecule has 2 aromatic heterocycles. The van der Waals surface area contributed by atoms with Crippen molar-refractivity contribution in [3.63, 3.8) is 0 Å². The van der Waals surface area contributed by atoms with Crippen LogP contribution in [0.5, 0.6) is 0 Å². The average Bonchev–Trinajstić information content (AvgIpc) is 3.38. The number of likely N-dealkylation sites (tertiary alicyclic amines) is 1. The van der Waals surface area contributed by atoms with E-state index in [1.807, 2.05) is 6.07 Å². The highest BCUT2D eigenvalue weighted by Gasteiger charge is 2.34. The lowest BCUT2D eigenvalue weighted by Crippen LogP contribution is -2.45. The van der Waals surface area contributed by atoms with E-state index in [4.69, 9.17) is 10.7 Å². The number of aromatic carboxylic acids is 1. The van der Waals surface area contributed by atoms with Crippen molar-refractivity contribution in [1.29, 1.82) is 0 Å². The summed E-state index contributed by atoms with van der Waals surface area (Å²) < 4.78 is 3.36. The third kappa shape index (κ3) is 4.44. The van der Waals surface area contributed by atoms with Crippen LogP contribution in [0.15, 0.2) is 42.5 Å². The normalized spacial score (nSPS) is 19.9. The Labute approximate surface area is 212 Å². The number of imidazole rings is 1. The topological polar surface area (TPSA) is 94.0 Å². The van der Waals surface area contributed by atoms with E-state index in [0.717, 1.165) is 47.0 Å². The zero-order valence-corrected chi connectivity index (χ0v) is 21.5. The number of fused-ring (bicyclic) bond motifs is 3. The zero-order chi connectivity index (χ0) is 25.4. The van der Waals surface area contributed by atoms with Crippen molar-refractivity contribution in [3.8, 4) is 0 Å². The number of hydrogen-bond donors (Lipinski definition) is 2. The average molecular weight is 487 g/mol. The standard InChI is InChI=1S/C29H35N5O2/c1-4-5-8-25-32-26-27(23-14-13-22(29(35)36)16-24(23)31-28(26)30)33(25)17-20-9-11-21(12-10-20)18-34(3)15-6-7-19(34)2/h9-14,16,19H,4-8,15,17-18H2,1-3H3,(H2-,30,31,35,36)/p+1. The van der Waals surface area contributed by atoms with Crippen LogP contribution in [0.2, 0.25) is 0 Å². The molecule has 0 radical (unpaired) electrons. The SMILES string of the molecule is CCCCc1nc2c(N)nc3cc(C(=O)O)ccc3c2n1Cc1ccc(C[N+]2(C)CCCC2C)cc1. The van der Waals surface area contributed by atoms with Crippen LogP contribution < -0.4 is 5.73 Å². The summed E-state index contributed by atoms with van der Waals surface area (Å²) >= 11 is 0. The first-order valence-corrected chi connectivity index (χ1v) is 13.0. The van der Waals surface area contributed by atoms with Crippen molar-refractivity contribution < 1.29 is 14.4 Å². The first-order valence-electron chi connectivity index (χ1n) is 13.0. The lowest BCUT2D eigenvalue weighted by atomic mass is 10.1. The van der Waals surface area contributed by atoms with Gasteiger partial charge in [-0.05, 0) is 37.1 Å². The largest absolute Gasteiger partial charge is 0.478 e. The van der Waals surface area contributed by atoms with Gasteiger partial charge in [0.2, 0.25) is 0 Å². The van der Waals surface area contributed by atoms with E-state index in [1.54, 1.807) is 12.1 Å². The van der Waals surface area contributed by atoms with Crippen molar-refractivity contribution >= 4 is 33.7 Å². The quantitative estimate of drug-likeness (QED) is 0.326. The number of pyridine rings is 1. The molecule has 0 bridgehead atoms. The predicted octanol–water partition coefficient (Wildman–Crippen LogP) is 5.38. The number of carbonyl (C=O) groups is 1. The highest BCUT2D eigenvalue weighted by atomic mass is 16.4. The Kier molecular flexibility index (Phi) is 6.43. The summed E-state index contributed by atoms with van der Waals surface area (Å²) in [4.78, 5) is 20.9. The Balaban J connectivity index is 1.54. The van der Waals surface area contributed by atoms with Crippen LogP contribution in [0, 0.1) is 0 Å². The molecule has 2 atom stereocenters. The Morgan fingerprint density at radius 2 is 1.92 bits per heavy atom. The third-order valence-electron chi connectivity index (χ3n) is 8.05. The van der Waals surface area contributed by atoms with Crippen molar-refractivity contribution in [1.82, 2.24) is 14.5 Å². The number of benzene rings is 2. The van der Waals surface area contributed by atoms with E-state index in [0.29, 0.717) is 29.4 Å². The number of aryl methyl sites for hydroxylation is 1. The molecule has 1 fully saturated rings. The minimum Gasteiger partial charge on any atom is -0.478 e. The molecule has 3 N–H and O–H groups in total. The van der Waals surface area contributed by atoms with Crippen LogP contribution in [0.3, 0.4) is 0 Å². The molecule has 0 amide bonds. The number of rotatable bonds is 8. The molecule has 2 unspecified atom stereocenters. The van der Waals surface area contributed by atoms with E-state index in [-0.39, 0.29) is 5.56 Å². The number of nitrogen functional groups attached to an aromatic ring is 1. The second-order valence-electron chi connectivity index (χ2n) is 10.6. The third-order valence-corrected chi connectivity index (χ3v) is 8.05. The van der Waals surface area contributed by atoms with E-state index in [9.17, 15) is 9.90 Å². The molecule has 1 saturated heterocycles. The maximum Gasteiger partial charge on any atom is 0.335 e. The van der Waals surface area contributed by atoms with Gasteiger partial charge in [0, 0.05) is 36.8 Å². The number of carboxylic acids is 1. The van der Waals surface area contributed by atoms with E-state index in [2.05, 4.69) is 54.7 Å². The van der Waals surface area contributed by atoms with Gasteiger partial charge in [-0.3, -0.25) is 0 Å². The van der Waals surface area contributed by atoms with Gasteiger partial charge in [0.05, 0.1) is 36.2 Å². The smallest absolute Gasteiger partial charge is 0.335 e. The maximum atomic E-state index is 11.5. The first-order chi connectivity index (χ1) is 17.3. The lowest BCUT2D eigenvalue weighted by molar-refractivity contribution is -0.932.